The van der Waals surface area contributed by atoms with Crippen LogP contribution in [0.5, 0.6) is 0 Å². The number of nitrogens with zero attached hydrogens (tertiary/aromatic N) is 2. The van der Waals surface area contributed by atoms with Gasteiger partial charge in [0.25, 0.3) is 5.82 Å². The zero-order chi connectivity index (χ0) is 22.0. The monoisotopic (exact) mass is 415 g/mol. The maximum Gasteiger partial charge on any atom is 0.295 e. The van der Waals surface area contributed by atoms with Crippen molar-refractivity contribution >= 4 is 11.0 Å². The van der Waals surface area contributed by atoms with Gasteiger partial charge in [0.2, 0.25) is 0 Å². The van der Waals surface area contributed by atoms with Crippen molar-refractivity contribution in [3.05, 3.63) is 107 Å². The van der Waals surface area contributed by atoms with Crippen LogP contribution in [0.2, 0.25) is 0 Å². The van der Waals surface area contributed by atoms with E-state index in [0.717, 1.165) is 6.42 Å². The number of hydrogen-bond donors (Lipinski definition) is 0. The van der Waals surface area contributed by atoms with Gasteiger partial charge in [-0.15, -0.1) is 0 Å². The number of benzene rings is 4. The Hall–Kier alpha value is -3.65. The first-order valence-corrected chi connectivity index (χ1v) is 11.3. The van der Waals surface area contributed by atoms with Crippen molar-refractivity contribution in [1.82, 2.24) is 4.57 Å². The van der Waals surface area contributed by atoms with Crippen molar-refractivity contribution in [3.8, 4) is 28.2 Å². The fourth-order valence-electron chi connectivity index (χ4n) is 5.62. The lowest BCUT2D eigenvalue weighted by molar-refractivity contribution is -0.634. The van der Waals surface area contributed by atoms with E-state index in [9.17, 15) is 0 Å². The van der Waals surface area contributed by atoms with Crippen LogP contribution in [-0.2, 0) is 13.5 Å². The Morgan fingerprint density at radius 3 is 2.06 bits per heavy atom. The standard InChI is InChI=1S/C30H27N2/c1-19-10-5-7-14-23(19)30-31(4)29-26-18-22-13-6-8-15-24(22)25(26)16-17-27(29)32(30)28-20(2)11-9-12-21(28)3/h5-17H,18H2,1-4H3/q+1. The first-order chi connectivity index (χ1) is 15.6. The van der Waals surface area contributed by atoms with E-state index in [1.165, 1.54) is 67.1 Å². The fourth-order valence-corrected chi connectivity index (χ4v) is 5.62. The summed E-state index contributed by atoms with van der Waals surface area (Å²) in [6.45, 7) is 6.65. The molecule has 0 unspecified atom stereocenters. The van der Waals surface area contributed by atoms with Gasteiger partial charge in [-0.25, -0.2) is 4.57 Å². The van der Waals surface area contributed by atoms with Gasteiger partial charge >= 0.3 is 0 Å². The number of aryl methyl sites for hydroxylation is 4. The Bertz CT molecular complexity index is 1510. The molecule has 0 radical (unpaired) electrons. The van der Waals surface area contributed by atoms with Crippen LogP contribution < -0.4 is 4.57 Å². The predicted molar refractivity (Wildman–Crippen MR) is 132 cm³/mol. The number of aromatic nitrogens is 2. The number of rotatable bonds is 2. The average molecular weight is 416 g/mol. The molecule has 156 valence electrons. The van der Waals surface area contributed by atoms with Gasteiger partial charge in [-0.2, -0.15) is 4.57 Å². The average Bonchev–Trinajstić information content (AvgIpc) is 3.30. The first kappa shape index (κ1) is 19.1. The molecule has 0 atom stereocenters. The minimum atomic E-state index is 0.987. The van der Waals surface area contributed by atoms with Gasteiger partial charge in [-0.1, -0.05) is 60.7 Å². The summed E-state index contributed by atoms with van der Waals surface area (Å²) in [5.74, 6) is 1.24. The Balaban J connectivity index is 1.78. The molecule has 2 heteroatoms. The highest BCUT2D eigenvalue weighted by Crippen LogP contribution is 2.41. The number of fused-ring (bicyclic) bond motifs is 5. The van der Waals surface area contributed by atoms with E-state index in [4.69, 9.17) is 0 Å². The zero-order valence-electron chi connectivity index (χ0n) is 19.1. The van der Waals surface area contributed by atoms with Crippen molar-refractivity contribution < 1.29 is 4.57 Å². The molecule has 32 heavy (non-hydrogen) atoms. The third-order valence-corrected chi connectivity index (χ3v) is 7.09. The summed E-state index contributed by atoms with van der Waals surface area (Å²) >= 11 is 0. The minimum Gasteiger partial charge on any atom is -0.225 e. The zero-order valence-corrected chi connectivity index (χ0v) is 19.1. The van der Waals surface area contributed by atoms with E-state index < -0.39 is 0 Å². The Morgan fingerprint density at radius 2 is 1.31 bits per heavy atom. The second-order valence-corrected chi connectivity index (χ2v) is 9.07. The fraction of sp³-hybridized carbons (Fsp3) is 0.167. The molecule has 2 nitrogen and oxygen atoms in total. The van der Waals surface area contributed by atoms with Crippen molar-refractivity contribution in [2.24, 2.45) is 7.05 Å². The van der Waals surface area contributed by atoms with Crippen molar-refractivity contribution in [1.29, 1.82) is 0 Å². The van der Waals surface area contributed by atoms with Gasteiger partial charge in [0, 0.05) is 12.0 Å². The third-order valence-electron chi connectivity index (χ3n) is 7.09. The van der Waals surface area contributed by atoms with Crippen LogP contribution in [0.15, 0.2) is 78.9 Å². The quantitative estimate of drug-likeness (QED) is 0.281. The summed E-state index contributed by atoms with van der Waals surface area (Å²) in [5, 5.41) is 0. The molecular formula is C30H27N2+. The van der Waals surface area contributed by atoms with Crippen LogP contribution >= 0.6 is 0 Å². The highest BCUT2D eigenvalue weighted by Gasteiger charge is 2.33. The molecule has 4 aromatic carbocycles. The topological polar surface area (TPSA) is 8.81 Å². The molecule has 1 aliphatic carbocycles. The van der Waals surface area contributed by atoms with Gasteiger partial charge in [0.15, 0.2) is 11.0 Å². The lowest BCUT2D eigenvalue weighted by atomic mass is 10.0. The molecule has 0 bridgehead atoms. The molecule has 0 saturated carbocycles. The van der Waals surface area contributed by atoms with Crippen LogP contribution in [-0.4, -0.2) is 4.57 Å². The third kappa shape index (κ3) is 2.56. The number of hydrogen-bond acceptors (Lipinski definition) is 0. The Labute approximate surface area is 189 Å². The van der Waals surface area contributed by atoms with E-state index in [-0.39, 0.29) is 0 Å². The van der Waals surface area contributed by atoms with Gasteiger partial charge in [-0.05, 0) is 72.4 Å². The highest BCUT2D eigenvalue weighted by molar-refractivity contribution is 5.92. The summed E-state index contributed by atoms with van der Waals surface area (Å²) in [6, 6.07) is 28.8. The number of imidazole rings is 1. The summed E-state index contributed by atoms with van der Waals surface area (Å²) < 4.78 is 4.92. The molecule has 1 aliphatic rings. The first-order valence-electron chi connectivity index (χ1n) is 11.3. The van der Waals surface area contributed by atoms with Crippen LogP contribution in [0.3, 0.4) is 0 Å². The molecule has 1 aromatic heterocycles. The smallest absolute Gasteiger partial charge is 0.225 e. The Kier molecular flexibility index (Phi) is 4.13. The van der Waals surface area contributed by atoms with E-state index in [1.807, 2.05) is 0 Å². The summed E-state index contributed by atoms with van der Waals surface area (Å²) in [6.07, 6.45) is 0.987. The van der Waals surface area contributed by atoms with Crippen LogP contribution in [0.1, 0.15) is 27.8 Å². The Morgan fingerprint density at radius 1 is 0.656 bits per heavy atom. The van der Waals surface area contributed by atoms with Crippen molar-refractivity contribution in [2.45, 2.75) is 27.2 Å². The second kappa shape index (κ2) is 6.93. The van der Waals surface area contributed by atoms with Gasteiger partial charge in [-0.3, -0.25) is 0 Å². The van der Waals surface area contributed by atoms with Gasteiger partial charge < -0.3 is 0 Å². The lowest BCUT2D eigenvalue weighted by Crippen LogP contribution is -2.31. The molecule has 0 N–H and O–H groups in total. The maximum absolute atomic E-state index is 2.49. The predicted octanol–water partition coefficient (Wildman–Crippen LogP) is 6.62. The van der Waals surface area contributed by atoms with E-state index >= 15 is 0 Å². The van der Waals surface area contributed by atoms with Gasteiger partial charge in [0.05, 0.1) is 12.6 Å². The molecule has 0 fully saturated rings. The van der Waals surface area contributed by atoms with Crippen LogP contribution in [0, 0.1) is 20.8 Å². The maximum atomic E-state index is 2.49. The molecule has 0 amide bonds. The van der Waals surface area contributed by atoms with Crippen molar-refractivity contribution in [2.75, 3.05) is 0 Å². The van der Waals surface area contributed by atoms with Crippen molar-refractivity contribution in [3.63, 3.8) is 0 Å². The molecule has 0 spiro atoms. The molecular weight excluding hydrogens is 388 g/mol. The van der Waals surface area contributed by atoms with E-state index in [0.29, 0.717) is 0 Å². The van der Waals surface area contributed by atoms with E-state index in [1.54, 1.807) is 0 Å². The lowest BCUT2D eigenvalue weighted by Gasteiger charge is -2.10. The van der Waals surface area contributed by atoms with Crippen LogP contribution in [0.25, 0.3) is 39.2 Å². The second-order valence-electron chi connectivity index (χ2n) is 9.07. The molecule has 1 heterocycles. The van der Waals surface area contributed by atoms with Crippen LogP contribution in [0.4, 0.5) is 0 Å². The molecule has 5 aromatic rings. The minimum absolute atomic E-state index is 0.987. The van der Waals surface area contributed by atoms with E-state index in [2.05, 4.69) is 116 Å². The summed E-state index contributed by atoms with van der Waals surface area (Å²) in [4.78, 5) is 0. The molecule has 0 saturated heterocycles. The van der Waals surface area contributed by atoms with Gasteiger partial charge in [0.1, 0.15) is 5.69 Å². The molecule has 6 rings (SSSR count). The SMILES string of the molecule is Cc1ccccc1-c1n(-c2c(C)cccc2C)c2ccc3c(c2[n+]1C)Cc1ccccc1-3. The summed E-state index contributed by atoms with van der Waals surface area (Å²) in [5.41, 5.74) is 14.7. The number of para-hydroxylation sites is 1. The molecule has 0 aliphatic heterocycles. The summed E-state index contributed by atoms with van der Waals surface area (Å²) in [7, 11) is 2.23. The highest BCUT2D eigenvalue weighted by atomic mass is 15.2. The normalized spacial score (nSPS) is 12.2. The largest absolute Gasteiger partial charge is 0.295 e.